The van der Waals surface area contributed by atoms with E-state index < -0.39 is 12.6 Å². The normalized spacial score (nSPS) is 11.4. The van der Waals surface area contributed by atoms with E-state index in [9.17, 15) is 13.2 Å². The van der Waals surface area contributed by atoms with E-state index >= 15 is 0 Å². The summed E-state index contributed by atoms with van der Waals surface area (Å²) in [5.74, 6) is 1.29. The smallest absolute Gasteiger partial charge is 0.389 e. The fourth-order valence-electron chi connectivity index (χ4n) is 1.89. The van der Waals surface area contributed by atoms with Crippen LogP contribution in [-0.2, 0) is 6.54 Å². The van der Waals surface area contributed by atoms with Gasteiger partial charge in [-0.3, -0.25) is 0 Å². The van der Waals surface area contributed by atoms with Gasteiger partial charge in [0.2, 0.25) is 0 Å². The lowest BCUT2D eigenvalue weighted by molar-refractivity contribution is -0.135. The van der Waals surface area contributed by atoms with Crippen molar-refractivity contribution >= 4 is 0 Å². The maximum absolute atomic E-state index is 12.0. The molecule has 1 aromatic carbocycles. The van der Waals surface area contributed by atoms with Gasteiger partial charge >= 0.3 is 6.18 Å². The molecule has 0 aliphatic heterocycles. The minimum absolute atomic E-state index is 0.145. The lowest BCUT2D eigenvalue weighted by Crippen LogP contribution is -2.16. The summed E-state index contributed by atoms with van der Waals surface area (Å²) in [6.07, 6.45) is -4.15. The van der Waals surface area contributed by atoms with Gasteiger partial charge in [-0.2, -0.15) is 13.2 Å². The Labute approximate surface area is 117 Å². The van der Waals surface area contributed by atoms with Crippen LogP contribution in [0.1, 0.15) is 24.8 Å². The monoisotopic (exact) mass is 291 g/mol. The number of para-hydroxylation sites is 1. The van der Waals surface area contributed by atoms with E-state index in [1.807, 2.05) is 12.1 Å². The van der Waals surface area contributed by atoms with E-state index in [1.54, 1.807) is 20.3 Å². The van der Waals surface area contributed by atoms with Gasteiger partial charge in [0.1, 0.15) is 0 Å². The third-order valence-corrected chi connectivity index (χ3v) is 2.86. The van der Waals surface area contributed by atoms with E-state index in [4.69, 9.17) is 9.47 Å². The summed E-state index contributed by atoms with van der Waals surface area (Å²) in [7, 11) is 3.12. The molecule has 1 N–H and O–H groups in total. The van der Waals surface area contributed by atoms with Crippen LogP contribution < -0.4 is 14.8 Å². The predicted octanol–water partition coefficient (Wildman–Crippen LogP) is 3.53. The lowest BCUT2D eigenvalue weighted by Gasteiger charge is -2.13. The van der Waals surface area contributed by atoms with Crippen molar-refractivity contribution in [2.24, 2.45) is 0 Å². The number of alkyl halides is 3. The standard InChI is InChI=1S/C14H20F3NO2/c1-19-12-7-5-6-11(13(12)20-2)10-18-9-4-3-8-14(15,16)17/h5-7,18H,3-4,8-10H2,1-2H3. The van der Waals surface area contributed by atoms with Crippen LogP contribution >= 0.6 is 0 Å². The maximum Gasteiger partial charge on any atom is 0.389 e. The SMILES string of the molecule is COc1cccc(CNCCCCC(F)(F)F)c1OC. The first-order valence-corrected chi connectivity index (χ1v) is 6.45. The van der Waals surface area contributed by atoms with E-state index in [0.29, 0.717) is 31.0 Å². The molecule has 1 rings (SSSR count). The molecule has 0 aliphatic carbocycles. The van der Waals surface area contributed by atoms with Crippen LogP contribution in [-0.4, -0.2) is 26.9 Å². The molecule has 0 aromatic heterocycles. The molecule has 0 saturated carbocycles. The Morgan fingerprint density at radius 3 is 2.45 bits per heavy atom. The molecular formula is C14H20F3NO2. The zero-order valence-corrected chi connectivity index (χ0v) is 11.7. The second kappa shape index (κ2) is 7.99. The Hall–Kier alpha value is -1.43. The number of nitrogens with one attached hydrogen (secondary N) is 1. The fourth-order valence-corrected chi connectivity index (χ4v) is 1.89. The Morgan fingerprint density at radius 2 is 1.85 bits per heavy atom. The molecule has 0 fully saturated rings. The third-order valence-electron chi connectivity index (χ3n) is 2.86. The molecule has 0 heterocycles. The van der Waals surface area contributed by atoms with Gasteiger partial charge in [-0.15, -0.1) is 0 Å². The van der Waals surface area contributed by atoms with Crippen LogP contribution in [0.2, 0.25) is 0 Å². The van der Waals surface area contributed by atoms with Gasteiger partial charge < -0.3 is 14.8 Å². The molecule has 20 heavy (non-hydrogen) atoms. The fraction of sp³-hybridized carbons (Fsp3) is 0.571. The second-order valence-corrected chi connectivity index (χ2v) is 4.40. The van der Waals surface area contributed by atoms with E-state index in [1.165, 1.54) is 0 Å². The molecule has 0 radical (unpaired) electrons. The van der Waals surface area contributed by atoms with E-state index in [-0.39, 0.29) is 6.42 Å². The van der Waals surface area contributed by atoms with Gasteiger partial charge in [-0.25, -0.2) is 0 Å². The first kappa shape index (κ1) is 16.6. The highest BCUT2D eigenvalue weighted by atomic mass is 19.4. The van der Waals surface area contributed by atoms with Crippen molar-refractivity contribution in [1.82, 2.24) is 5.32 Å². The topological polar surface area (TPSA) is 30.5 Å². The van der Waals surface area contributed by atoms with Crippen LogP contribution in [0.4, 0.5) is 13.2 Å². The summed E-state index contributed by atoms with van der Waals surface area (Å²) >= 11 is 0. The van der Waals surface area contributed by atoms with Crippen molar-refractivity contribution in [3.05, 3.63) is 23.8 Å². The Bertz CT molecular complexity index is 408. The lowest BCUT2D eigenvalue weighted by atomic mass is 10.1. The van der Waals surface area contributed by atoms with Gasteiger partial charge in [-0.1, -0.05) is 12.1 Å². The summed E-state index contributed by atoms with van der Waals surface area (Å²) in [6.45, 7) is 1.07. The molecule has 3 nitrogen and oxygen atoms in total. The summed E-state index contributed by atoms with van der Waals surface area (Å²) in [5, 5.41) is 3.11. The molecule has 0 bridgehead atoms. The van der Waals surface area contributed by atoms with Crippen molar-refractivity contribution in [3.63, 3.8) is 0 Å². The number of rotatable bonds is 8. The first-order chi connectivity index (χ1) is 9.48. The predicted molar refractivity (Wildman–Crippen MR) is 71.2 cm³/mol. The number of unbranched alkanes of at least 4 members (excludes halogenated alkanes) is 1. The van der Waals surface area contributed by atoms with Crippen molar-refractivity contribution in [3.8, 4) is 11.5 Å². The van der Waals surface area contributed by atoms with Gasteiger partial charge in [-0.05, 0) is 25.5 Å². The zero-order valence-electron chi connectivity index (χ0n) is 11.7. The molecule has 0 atom stereocenters. The highest BCUT2D eigenvalue weighted by molar-refractivity contribution is 5.46. The van der Waals surface area contributed by atoms with Crippen LogP contribution in [0.3, 0.4) is 0 Å². The molecule has 114 valence electrons. The first-order valence-electron chi connectivity index (χ1n) is 6.45. The van der Waals surface area contributed by atoms with Gasteiger partial charge in [0.25, 0.3) is 0 Å². The van der Waals surface area contributed by atoms with Crippen molar-refractivity contribution in [2.45, 2.75) is 32.0 Å². The zero-order chi connectivity index (χ0) is 15.0. The number of hydrogen-bond donors (Lipinski definition) is 1. The van der Waals surface area contributed by atoms with E-state index in [0.717, 1.165) is 5.56 Å². The molecule has 0 spiro atoms. The maximum atomic E-state index is 12.0. The number of hydrogen-bond acceptors (Lipinski definition) is 3. The average Bonchev–Trinajstić information content (AvgIpc) is 2.40. The van der Waals surface area contributed by atoms with Gasteiger partial charge in [0.15, 0.2) is 11.5 Å². The van der Waals surface area contributed by atoms with Crippen molar-refractivity contribution in [1.29, 1.82) is 0 Å². The minimum Gasteiger partial charge on any atom is -0.493 e. The molecular weight excluding hydrogens is 271 g/mol. The van der Waals surface area contributed by atoms with Crippen LogP contribution in [0, 0.1) is 0 Å². The van der Waals surface area contributed by atoms with Crippen LogP contribution in [0.5, 0.6) is 11.5 Å². The molecule has 0 saturated heterocycles. The highest BCUT2D eigenvalue weighted by Gasteiger charge is 2.25. The molecule has 6 heteroatoms. The molecule has 0 aliphatic rings. The molecule has 0 unspecified atom stereocenters. The molecule has 0 amide bonds. The second-order valence-electron chi connectivity index (χ2n) is 4.40. The van der Waals surface area contributed by atoms with E-state index in [2.05, 4.69) is 5.32 Å². The Balaban J connectivity index is 2.35. The van der Waals surface area contributed by atoms with Crippen molar-refractivity contribution in [2.75, 3.05) is 20.8 Å². The number of ether oxygens (including phenoxy) is 2. The summed E-state index contributed by atoms with van der Waals surface area (Å²) in [6, 6.07) is 5.54. The summed E-state index contributed by atoms with van der Waals surface area (Å²) in [5.41, 5.74) is 0.919. The van der Waals surface area contributed by atoms with Gasteiger partial charge in [0.05, 0.1) is 14.2 Å². The highest BCUT2D eigenvalue weighted by Crippen LogP contribution is 2.30. The number of methoxy groups -OCH3 is 2. The largest absolute Gasteiger partial charge is 0.493 e. The number of halogens is 3. The summed E-state index contributed by atoms with van der Waals surface area (Å²) < 4.78 is 46.3. The Kier molecular flexibility index (Phi) is 6.64. The van der Waals surface area contributed by atoms with Crippen molar-refractivity contribution < 1.29 is 22.6 Å². The summed E-state index contributed by atoms with van der Waals surface area (Å²) in [4.78, 5) is 0. The molecule has 1 aromatic rings. The quantitative estimate of drug-likeness (QED) is 0.743. The van der Waals surface area contributed by atoms with Crippen LogP contribution in [0.15, 0.2) is 18.2 Å². The van der Waals surface area contributed by atoms with Crippen LogP contribution in [0.25, 0.3) is 0 Å². The average molecular weight is 291 g/mol. The third kappa shape index (κ3) is 5.69. The number of benzene rings is 1. The van der Waals surface area contributed by atoms with Gasteiger partial charge in [0, 0.05) is 18.5 Å². The Morgan fingerprint density at radius 1 is 1.10 bits per heavy atom. The minimum atomic E-state index is -4.06.